The van der Waals surface area contributed by atoms with Gasteiger partial charge in [-0.15, -0.1) is 0 Å². The number of aryl methyl sites for hydroxylation is 1. The summed E-state index contributed by atoms with van der Waals surface area (Å²) in [5, 5.41) is 4.06. The summed E-state index contributed by atoms with van der Waals surface area (Å²) in [7, 11) is 3.63. The predicted molar refractivity (Wildman–Crippen MR) is 87.8 cm³/mol. The highest BCUT2D eigenvalue weighted by Crippen LogP contribution is 2.30. The van der Waals surface area contributed by atoms with Crippen LogP contribution in [0.15, 0.2) is 40.9 Å². The Bertz CT molecular complexity index is 595. The van der Waals surface area contributed by atoms with Gasteiger partial charge in [0.05, 0.1) is 13.2 Å². The topological polar surface area (TPSA) is 21.3 Å². The Labute approximate surface area is 133 Å². The van der Waals surface area contributed by atoms with Gasteiger partial charge < -0.3 is 10.1 Å². The standard InChI is InChI=1S/C16H17BrClNO/c1-10-6-11(4-5-15(10)20-3)16(19-2)12-7-13(17)9-14(18)8-12/h4-9,16,19H,1-3H3. The van der Waals surface area contributed by atoms with Crippen molar-refractivity contribution in [3.8, 4) is 5.75 Å². The molecule has 0 saturated heterocycles. The molecule has 2 rings (SSSR count). The third kappa shape index (κ3) is 3.35. The fraction of sp³-hybridized carbons (Fsp3) is 0.250. The van der Waals surface area contributed by atoms with Gasteiger partial charge in [0.1, 0.15) is 5.75 Å². The van der Waals surface area contributed by atoms with Crippen molar-refractivity contribution in [1.29, 1.82) is 0 Å². The molecule has 1 unspecified atom stereocenters. The average molecular weight is 355 g/mol. The van der Waals surface area contributed by atoms with Gasteiger partial charge in [-0.3, -0.25) is 0 Å². The highest BCUT2D eigenvalue weighted by molar-refractivity contribution is 9.10. The van der Waals surface area contributed by atoms with E-state index in [0.717, 1.165) is 26.4 Å². The Morgan fingerprint density at radius 1 is 1.15 bits per heavy atom. The third-order valence-corrected chi connectivity index (χ3v) is 3.94. The molecule has 0 aromatic heterocycles. The molecule has 0 aliphatic carbocycles. The minimum Gasteiger partial charge on any atom is -0.496 e. The Hall–Kier alpha value is -1.03. The second-order valence-electron chi connectivity index (χ2n) is 4.65. The largest absolute Gasteiger partial charge is 0.496 e. The summed E-state index contributed by atoms with van der Waals surface area (Å²) in [4.78, 5) is 0. The number of benzene rings is 2. The quantitative estimate of drug-likeness (QED) is 0.857. The molecule has 20 heavy (non-hydrogen) atoms. The zero-order valence-electron chi connectivity index (χ0n) is 11.7. The molecule has 106 valence electrons. The first kappa shape index (κ1) is 15.4. The summed E-state index contributed by atoms with van der Waals surface area (Å²) in [6, 6.07) is 12.2. The van der Waals surface area contributed by atoms with E-state index in [9.17, 15) is 0 Å². The number of methoxy groups -OCH3 is 1. The molecule has 1 atom stereocenters. The van der Waals surface area contributed by atoms with E-state index in [0.29, 0.717) is 0 Å². The monoisotopic (exact) mass is 353 g/mol. The lowest BCUT2D eigenvalue weighted by Crippen LogP contribution is -2.17. The maximum atomic E-state index is 6.14. The smallest absolute Gasteiger partial charge is 0.121 e. The maximum Gasteiger partial charge on any atom is 0.121 e. The van der Waals surface area contributed by atoms with Gasteiger partial charge in [0.25, 0.3) is 0 Å². The number of ether oxygens (including phenoxy) is 1. The molecule has 0 amide bonds. The molecule has 2 nitrogen and oxygen atoms in total. The number of halogens is 2. The van der Waals surface area contributed by atoms with Crippen molar-refractivity contribution < 1.29 is 4.74 Å². The third-order valence-electron chi connectivity index (χ3n) is 3.26. The van der Waals surface area contributed by atoms with Crippen molar-refractivity contribution in [2.75, 3.05) is 14.2 Å². The molecule has 2 aromatic rings. The van der Waals surface area contributed by atoms with Crippen LogP contribution in [0.3, 0.4) is 0 Å². The Balaban J connectivity index is 2.44. The maximum absolute atomic E-state index is 6.14. The van der Waals surface area contributed by atoms with Crippen LogP contribution in [-0.2, 0) is 0 Å². The number of hydrogen-bond donors (Lipinski definition) is 1. The first-order chi connectivity index (χ1) is 9.55. The molecular formula is C16H17BrClNO. The van der Waals surface area contributed by atoms with E-state index >= 15 is 0 Å². The van der Waals surface area contributed by atoms with Gasteiger partial charge in [0.2, 0.25) is 0 Å². The van der Waals surface area contributed by atoms with E-state index in [1.54, 1.807) is 7.11 Å². The van der Waals surface area contributed by atoms with Crippen LogP contribution in [0.1, 0.15) is 22.7 Å². The second kappa shape index (κ2) is 6.61. The fourth-order valence-electron chi connectivity index (χ4n) is 2.35. The van der Waals surface area contributed by atoms with E-state index in [1.807, 2.05) is 32.2 Å². The molecule has 0 heterocycles. The molecule has 0 bridgehead atoms. The average Bonchev–Trinajstić information content (AvgIpc) is 2.38. The van der Waals surface area contributed by atoms with Crippen LogP contribution in [0.4, 0.5) is 0 Å². The molecule has 1 N–H and O–H groups in total. The summed E-state index contributed by atoms with van der Waals surface area (Å²) >= 11 is 9.63. The summed E-state index contributed by atoms with van der Waals surface area (Å²) < 4.78 is 6.29. The zero-order valence-corrected chi connectivity index (χ0v) is 14.0. The number of rotatable bonds is 4. The Morgan fingerprint density at radius 2 is 1.90 bits per heavy atom. The first-order valence-electron chi connectivity index (χ1n) is 6.33. The highest BCUT2D eigenvalue weighted by Gasteiger charge is 2.14. The molecular weight excluding hydrogens is 338 g/mol. The van der Waals surface area contributed by atoms with Crippen molar-refractivity contribution in [2.45, 2.75) is 13.0 Å². The van der Waals surface area contributed by atoms with Crippen LogP contribution >= 0.6 is 27.5 Å². The summed E-state index contributed by atoms with van der Waals surface area (Å²) in [5.41, 5.74) is 3.42. The Morgan fingerprint density at radius 3 is 2.45 bits per heavy atom. The van der Waals surface area contributed by atoms with E-state index in [4.69, 9.17) is 16.3 Å². The van der Waals surface area contributed by atoms with E-state index in [1.165, 1.54) is 5.56 Å². The molecule has 0 spiro atoms. The van der Waals surface area contributed by atoms with Gasteiger partial charge in [0.15, 0.2) is 0 Å². The first-order valence-corrected chi connectivity index (χ1v) is 7.50. The predicted octanol–water partition coefficient (Wildman–Crippen LogP) is 4.73. The summed E-state index contributed by atoms with van der Waals surface area (Å²) in [5.74, 6) is 0.899. The van der Waals surface area contributed by atoms with Crippen molar-refractivity contribution >= 4 is 27.5 Å². The molecule has 0 radical (unpaired) electrons. The number of hydrogen-bond acceptors (Lipinski definition) is 2. The van der Waals surface area contributed by atoms with Crippen molar-refractivity contribution in [1.82, 2.24) is 5.32 Å². The normalized spacial score (nSPS) is 12.2. The van der Waals surface area contributed by atoms with Crippen LogP contribution in [0.5, 0.6) is 5.75 Å². The minimum absolute atomic E-state index is 0.0922. The fourth-order valence-corrected chi connectivity index (χ4v) is 3.24. The van der Waals surface area contributed by atoms with Crippen molar-refractivity contribution in [3.63, 3.8) is 0 Å². The van der Waals surface area contributed by atoms with Crippen LogP contribution in [0.25, 0.3) is 0 Å². The Kier molecular flexibility index (Phi) is 5.08. The minimum atomic E-state index is 0.0922. The molecule has 4 heteroatoms. The molecule has 0 fully saturated rings. The second-order valence-corrected chi connectivity index (χ2v) is 6.01. The highest BCUT2D eigenvalue weighted by atomic mass is 79.9. The van der Waals surface area contributed by atoms with Gasteiger partial charge >= 0.3 is 0 Å². The molecule has 0 saturated carbocycles. The van der Waals surface area contributed by atoms with Gasteiger partial charge in [0, 0.05) is 9.50 Å². The molecule has 0 aliphatic heterocycles. The van der Waals surface area contributed by atoms with Crippen molar-refractivity contribution in [2.24, 2.45) is 0 Å². The van der Waals surface area contributed by atoms with Gasteiger partial charge in [-0.1, -0.05) is 39.7 Å². The lowest BCUT2D eigenvalue weighted by Gasteiger charge is -2.19. The van der Waals surface area contributed by atoms with Crippen LogP contribution in [0, 0.1) is 6.92 Å². The zero-order chi connectivity index (χ0) is 14.7. The van der Waals surface area contributed by atoms with Crippen LogP contribution in [-0.4, -0.2) is 14.2 Å². The molecule has 2 aromatic carbocycles. The van der Waals surface area contributed by atoms with Crippen LogP contribution < -0.4 is 10.1 Å². The van der Waals surface area contributed by atoms with Crippen LogP contribution in [0.2, 0.25) is 5.02 Å². The lowest BCUT2D eigenvalue weighted by atomic mass is 9.97. The van der Waals surface area contributed by atoms with Gasteiger partial charge in [-0.25, -0.2) is 0 Å². The van der Waals surface area contributed by atoms with Gasteiger partial charge in [-0.05, 0) is 54.9 Å². The van der Waals surface area contributed by atoms with E-state index < -0.39 is 0 Å². The number of nitrogens with one attached hydrogen (secondary N) is 1. The summed E-state index contributed by atoms with van der Waals surface area (Å²) in [6.45, 7) is 2.04. The summed E-state index contributed by atoms with van der Waals surface area (Å²) in [6.07, 6.45) is 0. The van der Waals surface area contributed by atoms with E-state index in [-0.39, 0.29) is 6.04 Å². The van der Waals surface area contributed by atoms with Gasteiger partial charge in [-0.2, -0.15) is 0 Å². The van der Waals surface area contributed by atoms with Crippen molar-refractivity contribution in [3.05, 3.63) is 62.6 Å². The SMILES string of the molecule is CNC(c1cc(Cl)cc(Br)c1)c1ccc(OC)c(C)c1. The van der Waals surface area contributed by atoms with E-state index in [2.05, 4.69) is 39.4 Å². The lowest BCUT2D eigenvalue weighted by molar-refractivity contribution is 0.411. The molecule has 0 aliphatic rings.